The molecule has 1 N–H and O–H groups in total. The van der Waals surface area contributed by atoms with E-state index in [9.17, 15) is 14.7 Å². The van der Waals surface area contributed by atoms with Gasteiger partial charge >= 0.3 is 0 Å². The topological polar surface area (TPSA) is 84.7 Å². The summed E-state index contributed by atoms with van der Waals surface area (Å²) in [6.07, 6.45) is 1.24. The maximum absolute atomic E-state index is 12.3. The number of aliphatic hydroxyl groups is 1. The van der Waals surface area contributed by atoms with Crippen molar-refractivity contribution in [2.24, 2.45) is 5.92 Å². The highest BCUT2D eigenvalue weighted by molar-refractivity contribution is 5.91. The molecule has 0 spiro atoms. The minimum absolute atomic E-state index is 0.220. The fourth-order valence-electron chi connectivity index (χ4n) is 2.42. The molecule has 0 radical (unpaired) electrons. The van der Waals surface area contributed by atoms with E-state index in [1.807, 2.05) is 0 Å². The first kappa shape index (κ1) is 15.7. The molecular weight excluding hydrogens is 274 g/mol. The number of ether oxygens (including phenoxy) is 1. The summed E-state index contributed by atoms with van der Waals surface area (Å²) < 4.78 is 6.15. The fraction of sp³-hybridized carbons (Fsp3) is 0.643. The van der Waals surface area contributed by atoms with Gasteiger partial charge in [0.1, 0.15) is 5.69 Å². The number of aromatic nitrogens is 2. The second kappa shape index (κ2) is 6.82. The molecule has 1 saturated carbocycles. The summed E-state index contributed by atoms with van der Waals surface area (Å²) in [6, 6.07) is 2.79. The Morgan fingerprint density at radius 2 is 2.24 bits per heavy atom. The molecular formula is C14H21N3O4. The predicted molar refractivity (Wildman–Crippen MR) is 76.1 cm³/mol. The van der Waals surface area contributed by atoms with Gasteiger partial charge in [-0.15, -0.1) is 0 Å². The third-order valence-electron chi connectivity index (χ3n) is 3.68. The molecule has 1 amide bonds. The Morgan fingerprint density at radius 1 is 1.52 bits per heavy atom. The van der Waals surface area contributed by atoms with Gasteiger partial charge in [-0.2, -0.15) is 5.10 Å². The van der Waals surface area contributed by atoms with Gasteiger partial charge in [0.25, 0.3) is 11.5 Å². The van der Waals surface area contributed by atoms with E-state index >= 15 is 0 Å². The van der Waals surface area contributed by atoms with Crippen LogP contribution in [-0.2, 0) is 11.3 Å². The minimum atomic E-state index is -0.256. The molecule has 7 heteroatoms. The SMILES string of the molecule is COCCn1nc(C(=O)N(C)CC2CC(O)C2)ccc1=O. The second-order valence-corrected chi connectivity index (χ2v) is 5.45. The monoisotopic (exact) mass is 295 g/mol. The van der Waals surface area contributed by atoms with Crippen molar-refractivity contribution in [3.63, 3.8) is 0 Å². The first-order valence-electron chi connectivity index (χ1n) is 7.02. The third kappa shape index (κ3) is 3.89. The van der Waals surface area contributed by atoms with Crippen molar-refractivity contribution in [2.45, 2.75) is 25.5 Å². The maximum atomic E-state index is 12.3. The molecule has 1 aliphatic carbocycles. The van der Waals surface area contributed by atoms with E-state index in [1.165, 1.54) is 16.8 Å². The van der Waals surface area contributed by atoms with E-state index in [0.29, 0.717) is 25.6 Å². The van der Waals surface area contributed by atoms with Crippen molar-refractivity contribution in [3.05, 3.63) is 28.2 Å². The van der Waals surface area contributed by atoms with Crippen molar-refractivity contribution < 1.29 is 14.6 Å². The summed E-state index contributed by atoms with van der Waals surface area (Å²) in [5.41, 5.74) is -0.0126. The predicted octanol–water partition coefficient (Wildman–Crippen LogP) is -0.267. The number of rotatable bonds is 6. The smallest absolute Gasteiger partial charge is 0.274 e. The maximum Gasteiger partial charge on any atom is 0.274 e. The molecule has 1 fully saturated rings. The van der Waals surface area contributed by atoms with Crippen molar-refractivity contribution >= 4 is 5.91 Å². The number of nitrogens with zero attached hydrogens (tertiary/aromatic N) is 3. The Balaban J connectivity index is 2.02. The molecule has 0 bridgehead atoms. The van der Waals surface area contributed by atoms with Crippen LogP contribution in [0.5, 0.6) is 0 Å². The van der Waals surface area contributed by atoms with Gasteiger partial charge in [0, 0.05) is 26.8 Å². The summed E-state index contributed by atoms with van der Waals surface area (Å²) in [5.74, 6) is 0.121. The van der Waals surface area contributed by atoms with Gasteiger partial charge in [0.15, 0.2) is 0 Å². The number of amides is 1. The van der Waals surface area contributed by atoms with E-state index in [1.54, 1.807) is 19.1 Å². The fourth-order valence-corrected chi connectivity index (χ4v) is 2.42. The first-order chi connectivity index (χ1) is 10.0. The van der Waals surface area contributed by atoms with E-state index in [2.05, 4.69) is 5.10 Å². The second-order valence-electron chi connectivity index (χ2n) is 5.45. The third-order valence-corrected chi connectivity index (χ3v) is 3.68. The lowest BCUT2D eigenvalue weighted by atomic mass is 9.82. The van der Waals surface area contributed by atoms with Crippen molar-refractivity contribution in [1.82, 2.24) is 14.7 Å². The molecule has 1 aromatic heterocycles. The molecule has 116 valence electrons. The normalized spacial score (nSPS) is 20.9. The minimum Gasteiger partial charge on any atom is -0.393 e. The standard InChI is InChI=1S/C14H21N3O4/c1-16(9-10-7-11(18)8-10)14(20)12-3-4-13(19)17(15-12)5-6-21-2/h3-4,10-11,18H,5-9H2,1-2H3. The van der Waals surface area contributed by atoms with Crippen LogP contribution in [0, 0.1) is 5.92 Å². The Morgan fingerprint density at radius 3 is 2.86 bits per heavy atom. The van der Waals surface area contributed by atoms with Crippen LogP contribution in [0.1, 0.15) is 23.3 Å². The number of hydrogen-bond donors (Lipinski definition) is 1. The van der Waals surface area contributed by atoms with Crippen molar-refractivity contribution in [1.29, 1.82) is 0 Å². The molecule has 1 aliphatic rings. The van der Waals surface area contributed by atoms with Crippen molar-refractivity contribution in [3.8, 4) is 0 Å². The van der Waals surface area contributed by atoms with Crippen molar-refractivity contribution in [2.75, 3.05) is 27.3 Å². The molecule has 1 heterocycles. The highest BCUT2D eigenvalue weighted by atomic mass is 16.5. The van der Waals surface area contributed by atoms with Crippen LogP contribution in [0.25, 0.3) is 0 Å². The van der Waals surface area contributed by atoms with E-state index in [0.717, 1.165) is 12.8 Å². The molecule has 0 atom stereocenters. The van der Waals surface area contributed by atoms with Gasteiger partial charge in [0.2, 0.25) is 0 Å². The van der Waals surface area contributed by atoms with Gasteiger partial charge < -0.3 is 14.7 Å². The summed E-state index contributed by atoms with van der Waals surface area (Å²) in [7, 11) is 3.25. The molecule has 0 saturated heterocycles. The van der Waals surface area contributed by atoms with Crippen LogP contribution in [0.3, 0.4) is 0 Å². The molecule has 2 rings (SSSR count). The molecule has 0 aliphatic heterocycles. The lowest BCUT2D eigenvalue weighted by molar-refractivity contribution is 0.0263. The van der Waals surface area contributed by atoms with Crippen LogP contribution in [0.15, 0.2) is 16.9 Å². The van der Waals surface area contributed by atoms with Crippen LogP contribution < -0.4 is 5.56 Å². The summed E-state index contributed by atoms with van der Waals surface area (Å²) in [4.78, 5) is 25.5. The zero-order valence-corrected chi connectivity index (χ0v) is 12.4. The van der Waals surface area contributed by atoms with Crippen LogP contribution in [-0.4, -0.2) is 59.1 Å². The summed E-state index contributed by atoms with van der Waals surface area (Å²) in [5, 5.41) is 13.4. The molecule has 7 nitrogen and oxygen atoms in total. The average molecular weight is 295 g/mol. The van der Waals surface area contributed by atoms with Crippen LogP contribution in [0.4, 0.5) is 0 Å². The van der Waals surface area contributed by atoms with Gasteiger partial charge in [0.05, 0.1) is 19.3 Å². The number of aliphatic hydroxyl groups excluding tert-OH is 1. The van der Waals surface area contributed by atoms with E-state index in [4.69, 9.17) is 4.74 Å². The van der Waals surface area contributed by atoms with Crippen LogP contribution >= 0.6 is 0 Å². The average Bonchev–Trinajstić information content (AvgIpc) is 2.44. The quantitative estimate of drug-likeness (QED) is 0.781. The first-order valence-corrected chi connectivity index (χ1v) is 7.02. The van der Waals surface area contributed by atoms with E-state index < -0.39 is 0 Å². The zero-order chi connectivity index (χ0) is 15.4. The highest BCUT2D eigenvalue weighted by Crippen LogP contribution is 2.27. The van der Waals surface area contributed by atoms with Crippen LogP contribution in [0.2, 0.25) is 0 Å². The van der Waals surface area contributed by atoms with Gasteiger partial charge in [-0.25, -0.2) is 4.68 Å². The Labute approximate surface area is 123 Å². The van der Waals surface area contributed by atoms with Gasteiger partial charge in [-0.1, -0.05) is 0 Å². The highest BCUT2D eigenvalue weighted by Gasteiger charge is 2.29. The summed E-state index contributed by atoms with van der Waals surface area (Å²) >= 11 is 0. The lowest BCUT2D eigenvalue weighted by Crippen LogP contribution is -2.40. The van der Waals surface area contributed by atoms with E-state index in [-0.39, 0.29) is 23.3 Å². The number of carbonyl (C=O) groups excluding carboxylic acids is 1. The molecule has 21 heavy (non-hydrogen) atoms. The Bertz CT molecular complexity index is 551. The zero-order valence-electron chi connectivity index (χ0n) is 12.4. The number of methoxy groups -OCH3 is 1. The largest absolute Gasteiger partial charge is 0.393 e. The number of carbonyl (C=O) groups is 1. The molecule has 1 aromatic rings. The Hall–Kier alpha value is -1.73. The molecule has 0 unspecified atom stereocenters. The lowest BCUT2D eigenvalue weighted by Gasteiger charge is -2.34. The van der Waals surface area contributed by atoms with Gasteiger partial charge in [-0.3, -0.25) is 9.59 Å². The number of hydrogen-bond acceptors (Lipinski definition) is 5. The van der Waals surface area contributed by atoms with Gasteiger partial charge in [-0.05, 0) is 24.8 Å². The molecule has 0 aromatic carbocycles. The summed E-state index contributed by atoms with van der Waals surface area (Å²) in [6.45, 7) is 1.27. The Kier molecular flexibility index (Phi) is 5.08.